The number of H-pyrrole nitrogens is 1. The Kier molecular flexibility index (Phi) is 5.28. The molecule has 0 atom stereocenters. The lowest BCUT2D eigenvalue weighted by Gasteiger charge is -2.11. The van der Waals surface area contributed by atoms with E-state index in [-0.39, 0.29) is 33.3 Å². The molecule has 0 aliphatic rings. The van der Waals surface area contributed by atoms with Gasteiger partial charge in [-0.2, -0.15) is 4.98 Å². The van der Waals surface area contributed by atoms with Crippen molar-refractivity contribution in [1.82, 2.24) is 19.9 Å². The van der Waals surface area contributed by atoms with Gasteiger partial charge in [-0.3, -0.25) is 0 Å². The van der Waals surface area contributed by atoms with Gasteiger partial charge >= 0.3 is 0 Å². The molecule has 3 aromatic rings. The van der Waals surface area contributed by atoms with Gasteiger partial charge in [0.15, 0.2) is 5.75 Å². The van der Waals surface area contributed by atoms with Gasteiger partial charge in [0.25, 0.3) is 22.3 Å². The van der Waals surface area contributed by atoms with Crippen LogP contribution in [0.15, 0.2) is 29.4 Å². The summed E-state index contributed by atoms with van der Waals surface area (Å²) in [6.07, 6.45) is -0.423. The predicted octanol–water partition coefficient (Wildman–Crippen LogP) is 2.46. The summed E-state index contributed by atoms with van der Waals surface area (Å²) in [4.78, 5) is 14.2. The van der Waals surface area contributed by atoms with Gasteiger partial charge in [0.05, 0.1) is 13.3 Å². The van der Waals surface area contributed by atoms with Crippen LogP contribution in [0.2, 0.25) is 5.15 Å². The number of halogens is 3. The monoisotopic (exact) mass is 419 g/mol. The number of rotatable bonds is 7. The van der Waals surface area contributed by atoms with Crippen LogP contribution in [-0.4, -0.2) is 48.5 Å². The normalized spacial score (nSPS) is 11.7. The van der Waals surface area contributed by atoms with Gasteiger partial charge in [-0.05, 0) is 12.1 Å². The summed E-state index contributed by atoms with van der Waals surface area (Å²) < 4.78 is 61.7. The highest BCUT2D eigenvalue weighted by Crippen LogP contribution is 2.27. The molecule has 3 aromatic heterocycles. The van der Waals surface area contributed by atoms with Crippen LogP contribution in [0.4, 0.5) is 14.7 Å². The van der Waals surface area contributed by atoms with Gasteiger partial charge in [-0.1, -0.05) is 11.6 Å². The summed E-state index contributed by atoms with van der Waals surface area (Å²) in [7, 11) is -2.85. The fraction of sp³-hybridized carbons (Fsp3) is 0.214. The molecule has 13 heteroatoms. The number of ether oxygens (including phenoxy) is 2. The Hall–Kier alpha value is -2.73. The minimum atomic E-state index is -4.08. The molecular formula is C14H12ClF2N5O4S. The third-order valence-corrected chi connectivity index (χ3v) is 4.84. The summed E-state index contributed by atoms with van der Waals surface area (Å²) in [5, 5.41) is 0.518. The van der Waals surface area contributed by atoms with Gasteiger partial charge in [0.2, 0.25) is 5.95 Å². The molecule has 27 heavy (non-hydrogen) atoms. The fourth-order valence-corrected chi connectivity index (χ4v) is 3.42. The summed E-state index contributed by atoms with van der Waals surface area (Å²) in [6.45, 7) is -0.879. The lowest BCUT2D eigenvalue weighted by molar-refractivity contribution is 0.0799. The Balaban J connectivity index is 1.88. The second-order valence-electron chi connectivity index (χ2n) is 5.06. The van der Waals surface area contributed by atoms with Crippen LogP contribution in [0.5, 0.6) is 11.6 Å². The number of hydrogen-bond acceptors (Lipinski definition) is 7. The predicted molar refractivity (Wildman–Crippen MR) is 92.0 cm³/mol. The number of fused-ring (bicyclic) bond motifs is 1. The van der Waals surface area contributed by atoms with Crippen molar-refractivity contribution < 1.29 is 26.7 Å². The molecule has 0 fully saturated rings. The van der Waals surface area contributed by atoms with E-state index in [4.69, 9.17) is 21.1 Å². The quantitative estimate of drug-likeness (QED) is 0.564. The van der Waals surface area contributed by atoms with E-state index in [1.165, 1.54) is 25.4 Å². The van der Waals surface area contributed by atoms with E-state index in [2.05, 4.69) is 24.7 Å². The van der Waals surface area contributed by atoms with Crippen LogP contribution in [0.3, 0.4) is 0 Å². The van der Waals surface area contributed by atoms with Crippen molar-refractivity contribution in [2.24, 2.45) is 0 Å². The summed E-state index contributed by atoms with van der Waals surface area (Å²) in [6, 6.07) is 2.95. The van der Waals surface area contributed by atoms with Gasteiger partial charge in [-0.25, -0.2) is 31.9 Å². The Labute approximate surface area is 156 Å². The number of aromatic amines is 1. The average Bonchev–Trinajstić information content (AvgIpc) is 3.04. The van der Waals surface area contributed by atoms with E-state index < -0.39 is 23.1 Å². The molecule has 0 saturated heterocycles. The Morgan fingerprint density at radius 1 is 1.33 bits per heavy atom. The largest absolute Gasteiger partial charge is 0.481 e. The molecule has 0 amide bonds. The third kappa shape index (κ3) is 4.17. The van der Waals surface area contributed by atoms with Crippen molar-refractivity contribution in [2.45, 2.75) is 11.3 Å². The topological polar surface area (TPSA) is 119 Å². The number of sulfonamides is 1. The minimum Gasteiger partial charge on any atom is -0.481 e. The summed E-state index contributed by atoms with van der Waals surface area (Å²) in [5.41, 5.74) is 0.289. The highest BCUT2D eigenvalue weighted by Gasteiger charge is 2.22. The maximum atomic E-state index is 12.6. The first kappa shape index (κ1) is 19.0. The first-order valence-corrected chi connectivity index (χ1v) is 9.14. The van der Waals surface area contributed by atoms with Crippen molar-refractivity contribution >= 4 is 38.6 Å². The number of hydrogen-bond donors (Lipinski definition) is 2. The number of nitrogens with zero attached hydrogens (tertiary/aromatic N) is 3. The molecule has 0 radical (unpaired) electrons. The minimum absolute atomic E-state index is 0.0951. The molecule has 9 nitrogen and oxygen atoms in total. The van der Waals surface area contributed by atoms with Gasteiger partial charge in [-0.15, -0.1) is 0 Å². The van der Waals surface area contributed by atoms with Gasteiger partial charge in [0.1, 0.15) is 22.3 Å². The Morgan fingerprint density at radius 3 is 2.81 bits per heavy atom. The van der Waals surface area contributed by atoms with Crippen molar-refractivity contribution in [1.29, 1.82) is 0 Å². The van der Waals surface area contributed by atoms with E-state index in [1.54, 1.807) is 0 Å². The maximum absolute atomic E-state index is 12.6. The molecule has 2 N–H and O–H groups in total. The zero-order chi connectivity index (χ0) is 19.6. The van der Waals surface area contributed by atoms with Crippen molar-refractivity contribution in [3.8, 4) is 11.6 Å². The highest BCUT2D eigenvalue weighted by molar-refractivity contribution is 7.93. The molecule has 3 heterocycles. The van der Waals surface area contributed by atoms with Crippen molar-refractivity contribution in [3.63, 3.8) is 0 Å². The van der Waals surface area contributed by atoms with Crippen LogP contribution in [-0.2, 0) is 10.0 Å². The molecule has 144 valence electrons. The number of aromatic nitrogens is 4. The Morgan fingerprint density at radius 2 is 2.11 bits per heavy atom. The third-order valence-electron chi connectivity index (χ3n) is 3.26. The zero-order valence-corrected chi connectivity index (χ0v) is 15.2. The molecule has 0 aliphatic heterocycles. The average molecular weight is 420 g/mol. The smallest absolute Gasteiger partial charge is 0.272 e. The van der Waals surface area contributed by atoms with Crippen LogP contribution < -0.4 is 14.2 Å². The SMILES string of the molecule is COc1nc(NS(=O)(=O)c2c[nH]c3nc(Cl)ccc23)ncc1OCC(F)F. The lowest BCUT2D eigenvalue weighted by Crippen LogP contribution is -2.15. The number of pyridine rings is 1. The van der Waals surface area contributed by atoms with Gasteiger partial charge in [0, 0.05) is 11.6 Å². The number of methoxy groups -OCH3 is 1. The number of alkyl halides is 2. The van der Waals surface area contributed by atoms with E-state index >= 15 is 0 Å². The summed E-state index contributed by atoms with van der Waals surface area (Å²) >= 11 is 5.78. The van der Waals surface area contributed by atoms with Crippen LogP contribution >= 0.6 is 11.6 Å². The maximum Gasteiger partial charge on any atom is 0.272 e. The molecule has 0 aromatic carbocycles. The molecule has 0 unspecified atom stereocenters. The molecule has 0 spiro atoms. The second-order valence-corrected chi connectivity index (χ2v) is 7.10. The van der Waals surface area contributed by atoms with Crippen molar-refractivity contribution in [2.75, 3.05) is 18.4 Å². The first-order chi connectivity index (χ1) is 12.8. The Bertz CT molecular complexity index is 1080. The van der Waals surface area contributed by atoms with E-state index in [1.807, 2.05) is 0 Å². The number of anilines is 1. The fourth-order valence-electron chi connectivity index (χ4n) is 2.16. The second kappa shape index (κ2) is 7.48. The standard InChI is InChI=1S/C14H12ClF2N5O4S/c1-25-13-8(26-6-11(16)17)4-19-14(21-13)22-27(23,24)9-5-18-12-7(9)2-3-10(15)20-12/h2-5,11H,6H2,1H3,(H,18,20)(H,19,21,22). The van der Waals surface area contributed by atoms with Crippen LogP contribution in [0.25, 0.3) is 11.0 Å². The van der Waals surface area contributed by atoms with E-state index in [0.717, 1.165) is 6.20 Å². The van der Waals surface area contributed by atoms with Crippen LogP contribution in [0.1, 0.15) is 0 Å². The molecule has 3 rings (SSSR count). The van der Waals surface area contributed by atoms with E-state index in [9.17, 15) is 17.2 Å². The molecule has 0 saturated carbocycles. The van der Waals surface area contributed by atoms with Crippen molar-refractivity contribution in [3.05, 3.63) is 29.7 Å². The lowest BCUT2D eigenvalue weighted by atomic mass is 10.3. The van der Waals surface area contributed by atoms with Gasteiger partial charge < -0.3 is 14.5 Å². The number of nitrogens with one attached hydrogen (secondary N) is 2. The molecule has 0 aliphatic carbocycles. The van der Waals surface area contributed by atoms with E-state index in [0.29, 0.717) is 5.39 Å². The highest BCUT2D eigenvalue weighted by atomic mass is 35.5. The molecular weight excluding hydrogens is 408 g/mol. The first-order valence-electron chi connectivity index (χ1n) is 7.28. The molecule has 0 bridgehead atoms. The summed E-state index contributed by atoms with van der Waals surface area (Å²) in [5.74, 6) is -0.671. The van der Waals surface area contributed by atoms with Crippen LogP contribution in [0, 0.1) is 0 Å². The zero-order valence-electron chi connectivity index (χ0n) is 13.6.